The number of nitrogens with one attached hydrogen (secondary N) is 4. The first kappa shape index (κ1) is 39.2. The first-order valence-electron chi connectivity index (χ1n) is 13.4. The van der Waals surface area contributed by atoms with Crippen LogP contribution in [0, 0.1) is 5.92 Å². The molecule has 0 heterocycles. The normalized spacial score (nSPS) is 14.2. The predicted molar refractivity (Wildman–Crippen MR) is 146 cm³/mol. The number of carboxylic acid groups (broad SMARTS) is 5. The number of carboxylic acids is 5. The summed E-state index contributed by atoms with van der Waals surface area (Å²) in [5.74, 6) is -11.7. The molecule has 0 saturated carbocycles. The van der Waals surface area contributed by atoms with Crippen molar-refractivity contribution in [1.29, 1.82) is 0 Å². The highest BCUT2D eigenvalue weighted by atomic mass is 16.4. The largest absolute Gasteiger partial charge is 0.481 e. The maximum atomic E-state index is 13.2. The van der Waals surface area contributed by atoms with Gasteiger partial charge in [0.25, 0.3) is 0 Å². The Hall–Kier alpha value is -4.81. The second-order valence-corrected chi connectivity index (χ2v) is 10.1. The van der Waals surface area contributed by atoms with Gasteiger partial charge in [-0.3, -0.25) is 38.4 Å². The van der Waals surface area contributed by atoms with Crippen LogP contribution in [0.15, 0.2) is 0 Å². The van der Waals surface area contributed by atoms with Crippen LogP contribution in [0.2, 0.25) is 0 Å². The lowest BCUT2D eigenvalue weighted by Crippen LogP contribution is -2.59. The maximum Gasteiger partial charge on any atom is 0.326 e. The van der Waals surface area contributed by atoms with Gasteiger partial charge in [-0.2, -0.15) is 0 Å². The topological polar surface area (TPSA) is 329 Å². The summed E-state index contributed by atoms with van der Waals surface area (Å²) in [5.41, 5.74) is 5.64. The molecule has 0 aliphatic carbocycles. The molecule has 19 heteroatoms. The van der Waals surface area contributed by atoms with Crippen LogP contribution in [-0.2, 0) is 43.2 Å². The van der Waals surface area contributed by atoms with E-state index in [0.29, 0.717) is 0 Å². The van der Waals surface area contributed by atoms with Gasteiger partial charge in [0.2, 0.25) is 23.6 Å². The van der Waals surface area contributed by atoms with Gasteiger partial charge >= 0.3 is 29.8 Å². The van der Waals surface area contributed by atoms with Crippen LogP contribution < -0.4 is 27.0 Å². The SMILES string of the molecule is CC(C)[C@H](NC(=O)[C@H](CCC(=O)O)NC(=O)[C@H](CCC(=O)O)NC(=O)[C@H](CCC(=O)O)NC(=O)[C@@H](N)CCC(=O)O)C(=O)O. The Morgan fingerprint density at radius 2 is 0.795 bits per heavy atom. The highest BCUT2D eigenvalue weighted by molar-refractivity contribution is 5.96. The average molecular weight is 634 g/mol. The van der Waals surface area contributed by atoms with Crippen LogP contribution in [0.5, 0.6) is 0 Å². The smallest absolute Gasteiger partial charge is 0.326 e. The number of carbonyl (C=O) groups excluding carboxylic acids is 4. The monoisotopic (exact) mass is 633 g/mol. The number of hydrogen-bond acceptors (Lipinski definition) is 10. The number of hydrogen-bond donors (Lipinski definition) is 10. The first-order valence-corrected chi connectivity index (χ1v) is 13.4. The summed E-state index contributed by atoms with van der Waals surface area (Å²) in [4.78, 5) is 107. The van der Waals surface area contributed by atoms with Gasteiger partial charge in [-0.1, -0.05) is 13.8 Å². The van der Waals surface area contributed by atoms with Crippen LogP contribution >= 0.6 is 0 Å². The summed E-state index contributed by atoms with van der Waals surface area (Å²) >= 11 is 0. The van der Waals surface area contributed by atoms with Crippen molar-refractivity contribution in [1.82, 2.24) is 21.3 Å². The molecule has 0 aliphatic rings. The molecular formula is C25H39N5O14. The molecular weight excluding hydrogens is 594 g/mol. The summed E-state index contributed by atoms with van der Waals surface area (Å²) < 4.78 is 0. The molecule has 0 aromatic rings. The minimum Gasteiger partial charge on any atom is -0.481 e. The van der Waals surface area contributed by atoms with Gasteiger partial charge in [-0.15, -0.1) is 0 Å². The van der Waals surface area contributed by atoms with Gasteiger partial charge < -0.3 is 52.5 Å². The van der Waals surface area contributed by atoms with E-state index in [9.17, 15) is 48.3 Å². The van der Waals surface area contributed by atoms with Crippen molar-refractivity contribution in [3.8, 4) is 0 Å². The fourth-order valence-electron chi connectivity index (χ4n) is 3.61. The second-order valence-electron chi connectivity index (χ2n) is 10.1. The highest BCUT2D eigenvalue weighted by Gasteiger charge is 2.33. The van der Waals surface area contributed by atoms with Crippen LogP contribution in [0.3, 0.4) is 0 Å². The van der Waals surface area contributed by atoms with E-state index in [1.807, 2.05) is 0 Å². The zero-order chi connectivity index (χ0) is 34.1. The third-order valence-electron chi connectivity index (χ3n) is 6.08. The lowest BCUT2D eigenvalue weighted by Gasteiger charge is -2.26. The van der Waals surface area contributed by atoms with E-state index in [1.54, 1.807) is 0 Å². The Morgan fingerprint density at radius 3 is 1.09 bits per heavy atom. The third-order valence-corrected chi connectivity index (χ3v) is 6.08. The summed E-state index contributed by atoms with van der Waals surface area (Å²) in [5, 5.41) is 54.1. The van der Waals surface area contributed by atoms with E-state index in [2.05, 4.69) is 21.3 Å². The molecule has 0 fully saturated rings. The standard InChI is InChI=1S/C25H39N5O14/c1-11(2)20(25(43)44)30-24(42)15(6-10-19(37)38)29-23(41)14(5-9-18(35)36)28-22(40)13(4-8-17(33)34)27-21(39)12(26)3-7-16(31)32/h11-15,20H,3-10,26H2,1-2H3,(H,27,39)(H,28,40)(H,29,41)(H,30,42)(H,31,32)(H,33,34)(H,35,36)(H,37,38)(H,43,44)/t12-,13-,14-,15-,20-/m0/s1. The fraction of sp³-hybridized carbons (Fsp3) is 0.640. The van der Waals surface area contributed by atoms with E-state index in [1.165, 1.54) is 13.8 Å². The second kappa shape index (κ2) is 19.4. The van der Waals surface area contributed by atoms with Gasteiger partial charge in [-0.05, 0) is 31.6 Å². The third kappa shape index (κ3) is 16.0. The molecule has 0 aliphatic heterocycles. The summed E-state index contributed by atoms with van der Waals surface area (Å²) in [6.07, 6.45) is -4.38. The quantitative estimate of drug-likeness (QED) is 0.0586. The molecule has 19 nitrogen and oxygen atoms in total. The molecule has 0 bridgehead atoms. The average Bonchev–Trinajstić information content (AvgIpc) is 2.91. The molecule has 0 radical (unpaired) electrons. The first-order chi connectivity index (χ1) is 20.3. The molecule has 0 spiro atoms. The molecule has 44 heavy (non-hydrogen) atoms. The van der Waals surface area contributed by atoms with Crippen LogP contribution in [0.1, 0.15) is 65.2 Å². The highest BCUT2D eigenvalue weighted by Crippen LogP contribution is 2.08. The molecule has 0 saturated heterocycles. The molecule has 0 aromatic carbocycles. The zero-order valence-electron chi connectivity index (χ0n) is 24.1. The maximum absolute atomic E-state index is 13.2. The molecule has 0 rings (SSSR count). The number of amides is 4. The van der Waals surface area contributed by atoms with Gasteiger partial charge in [0.1, 0.15) is 24.2 Å². The van der Waals surface area contributed by atoms with Crippen molar-refractivity contribution in [3.63, 3.8) is 0 Å². The van der Waals surface area contributed by atoms with E-state index in [-0.39, 0.29) is 6.42 Å². The van der Waals surface area contributed by atoms with E-state index in [0.717, 1.165) is 0 Å². The predicted octanol–water partition coefficient (Wildman–Crippen LogP) is -2.55. The van der Waals surface area contributed by atoms with Crippen molar-refractivity contribution in [3.05, 3.63) is 0 Å². The van der Waals surface area contributed by atoms with Crippen LogP contribution in [0.25, 0.3) is 0 Å². The minimum absolute atomic E-state index is 0.322. The Bertz CT molecular complexity index is 1100. The van der Waals surface area contributed by atoms with Gasteiger partial charge in [-0.25, -0.2) is 4.79 Å². The molecule has 248 valence electrons. The lowest BCUT2D eigenvalue weighted by atomic mass is 10.0. The Kier molecular flexibility index (Phi) is 17.3. The van der Waals surface area contributed by atoms with E-state index >= 15 is 0 Å². The van der Waals surface area contributed by atoms with Crippen molar-refractivity contribution in [2.24, 2.45) is 11.7 Å². The van der Waals surface area contributed by atoms with Crippen LogP contribution in [0.4, 0.5) is 0 Å². The summed E-state index contributed by atoms with van der Waals surface area (Å²) in [6, 6.07) is -7.76. The van der Waals surface area contributed by atoms with Crippen LogP contribution in [-0.4, -0.2) is 109 Å². The van der Waals surface area contributed by atoms with Gasteiger partial charge in [0.05, 0.1) is 6.04 Å². The number of aliphatic carboxylic acids is 5. The molecule has 0 aromatic heterocycles. The Balaban J connectivity index is 6.04. The molecule has 4 amide bonds. The number of rotatable bonds is 22. The van der Waals surface area contributed by atoms with E-state index in [4.69, 9.17) is 26.2 Å². The molecule has 5 atom stereocenters. The molecule has 0 unspecified atom stereocenters. The van der Waals surface area contributed by atoms with E-state index < -0.39 is 135 Å². The number of carbonyl (C=O) groups is 9. The fourth-order valence-corrected chi connectivity index (χ4v) is 3.61. The zero-order valence-corrected chi connectivity index (χ0v) is 24.1. The van der Waals surface area contributed by atoms with Gasteiger partial charge in [0, 0.05) is 25.7 Å². The Labute approximate surface area is 250 Å². The molecule has 11 N–H and O–H groups in total. The van der Waals surface area contributed by atoms with Crippen molar-refractivity contribution < 1.29 is 68.7 Å². The number of nitrogens with two attached hydrogens (primary N) is 1. The summed E-state index contributed by atoms with van der Waals surface area (Å²) in [7, 11) is 0. The van der Waals surface area contributed by atoms with Crippen molar-refractivity contribution in [2.75, 3.05) is 0 Å². The lowest BCUT2D eigenvalue weighted by molar-refractivity contribution is -0.144. The summed E-state index contributed by atoms with van der Waals surface area (Å²) in [6.45, 7) is 2.97. The Morgan fingerprint density at radius 1 is 0.500 bits per heavy atom. The van der Waals surface area contributed by atoms with Crippen molar-refractivity contribution >= 4 is 53.5 Å². The van der Waals surface area contributed by atoms with Crippen molar-refractivity contribution in [2.45, 2.75) is 95.4 Å². The van der Waals surface area contributed by atoms with Gasteiger partial charge in [0.15, 0.2) is 0 Å². The minimum atomic E-state index is -1.70.